The lowest BCUT2D eigenvalue weighted by Crippen LogP contribution is -2.39. The first-order valence-electron chi connectivity index (χ1n) is 8.55. The standard InChI is InChI=1S/C18H22N4O3/c23-17(6-5-15-3-1-2-4-16(15)18(24)25)21-9-7-14(8-10-21)11-22-13-19-12-20-22/h1-4,12-14H,5-11H2,(H,24,25). The van der Waals surface area contributed by atoms with Crippen LogP contribution in [0.3, 0.4) is 0 Å². The number of rotatable bonds is 6. The highest BCUT2D eigenvalue weighted by atomic mass is 16.4. The second-order valence-electron chi connectivity index (χ2n) is 6.40. The fraction of sp³-hybridized carbons (Fsp3) is 0.444. The molecule has 0 aliphatic carbocycles. The summed E-state index contributed by atoms with van der Waals surface area (Å²) in [6.07, 6.45) is 5.97. The van der Waals surface area contributed by atoms with Crippen molar-refractivity contribution >= 4 is 11.9 Å². The van der Waals surface area contributed by atoms with Crippen molar-refractivity contribution in [1.29, 1.82) is 0 Å². The normalized spacial score (nSPS) is 15.3. The quantitative estimate of drug-likeness (QED) is 0.865. The van der Waals surface area contributed by atoms with E-state index in [0.29, 0.717) is 24.3 Å². The smallest absolute Gasteiger partial charge is 0.335 e. The Bertz CT molecular complexity index is 722. The number of nitrogens with zero attached hydrogens (tertiary/aromatic N) is 4. The van der Waals surface area contributed by atoms with Gasteiger partial charge in [-0.15, -0.1) is 0 Å². The zero-order valence-corrected chi connectivity index (χ0v) is 14.0. The molecular formula is C18H22N4O3. The molecule has 7 nitrogen and oxygen atoms in total. The molecule has 2 heterocycles. The van der Waals surface area contributed by atoms with Gasteiger partial charge < -0.3 is 10.0 Å². The van der Waals surface area contributed by atoms with Crippen molar-refractivity contribution in [2.24, 2.45) is 5.92 Å². The number of carbonyl (C=O) groups excluding carboxylic acids is 1. The van der Waals surface area contributed by atoms with Gasteiger partial charge in [-0.1, -0.05) is 18.2 Å². The van der Waals surface area contributed by atoms with Crippen LogP contribution in [0.2, 0.25) is 0 Å². The summed E-state index contributed by atoms with van der Waals surface area (Å²) in [7, 11) is 0. The summed E-state index contributed by atoms with van der Waals surface area (Å²) in [5.41, 5.74) is 0.992. The highest BCUT2D eigenvalue weighted by Gasteiger charge is 2.23. The number of likely N-dealkylation sites (tertiary alicyclic amines) is 1. The van der Waals surface area contributed by atoms with E-state index in [1.165, 1.54) is 6.33 Å². The van der Waals surface area contributed by atoms with E-state index in [4.69, 9.17) is 0 Å². The molecule has 1 N–H and O–H groups in total. The Morgan fingerprint density at radius 1 is 1.20 bits per heavy atom. The second-order valence-corrected chi connectivity index (χ2v) is 6.40. The van der Waals surface area contributed by atoms with Gasteiger partial charge >= 0.3 is 5.97 Å². The van der Waals surface area contributed by atoms with Crippen molar-refractivity contribution in [2.75, 3.05) is 13.1 Å². The van der Waals surface area contributed by atoms with E-state index in [1.807, 2.05) is 15.6 Å². The van der Waals surface area contributed by atoms with Crippen LogP contribution in [0.15, 0.2) is 36.9 Å². The molecule has 0 atom stereocenters. The van der Waals surface area contributed by atoms with Gasteiger partial charge in [0.15, 0.2) is 0 Å². The zero-order valence-electron chi connectivity index (χ0n) is 14.0. The molecule has 0 radical (unpaired) electrons. The van der Waals surface area contributed by atoms with Gasteiger partial charge in [-0.05, 0) is 36.8 Å². The topological polar surface area (TPSA) is 88.3 Å². The van der Waals surface area contributed by atoms with E-state index in [0.717, 1.165) is 32.5 Å². The first-order chi connectivity index (χ1) is 12.1. The molecule has 0 saturated carbocycles. The van der Waals surface area contributed by atoms with Crippen LogP contribution in [0, 0.1) is 5.92 Å². The van der Waals surface area contributed by atoms with Crippen LogP contribution in [-0.2, 0) is 17.8 Å². The third-order valence-electron chi connectivity index (χ3n) is 4.74. The van der Waals surface area contributed by atoms with Crippen molar-refractivity contribution in [3.8, 4) is 0 Å². The van der Waals surface area contributed by atoms with Gasteiger partial charge in [0.2, 0.25) is 5.91 Å². The van der Waals surface area contributed by atoms with E-state index in [9.17, 15) is 14.7 Å². The summed E-state index contributed by atoms with van der Waals surface area (Å²) in [4.78, 5) is 29.5. The third kappa shape index (κ3) is 4.43. The van der Waals surface area contributed by atoms with Crippen molar-refractivity contribution in [2.45, 2.75) is 32.2 Å². The highest BCUT2D eigenvalue weighted by Crippen LogP contribution is 2.20. The molecule has 0 spiro atoms. The summed E-state index contributed by atoms with van der Waals surface area (Å²) in [5, 5.41) is 13.3. The van der Waals surface area contributed by atoms with Gasteiger partial charge in [-0.3, -0.25) is 9.48 Å². The van der Waals surface area contributed by atoms with Crippen molar-refractivity contribution in [3.05, 3.63) is 48.0 Å². The molecule has 0 bridgehead atoms. The predicted molar refractivity (Wildman–Crippen MR) is 91.0 cm³/mol. The van der Waals surface area contributed by atoms with Crippen molar-refractivity contribution in [3.63, 3.8) is 0 Å². The van der Waals surface area contributed by atoms with E-state index in [1.54, 1.807) is 24.5 Å². The van der Waals surface area contributed by atoms with Gasteiger partial charge in [-0.25, -0.2) is 9.78 Å². The van der Waals surface area contributed by atoms with Gasteiger partial charge in [0, 0.05) is 26.1 Å². The molecule has 1 aliphatic heterocycles. The Kier molecular flexibility index (Phi) is 5.42. The maximum absolute atomic E-state index is 12.4. The lowest BCUT2D eigenvalue weighted by molar-refractivity contribution is -0.132. The molecule has 1 amide bonds. The summed E-state index contributed by atoms with van der Waals surface area (Å²) >= 11 is 0. The lowest BCUT2D eigenvalue weighted by Gasteiger charge is -2.32. The fourth-order valence-corrected chi connectivity index (χ4v) is 3.30. The number of carboxylic acids is 1. The van der Waals surface area contributed by atoms with Crippen LogP contribution in [0.5, 0.6) is 0 Å². The molecule has 1 fully saturated rings. The summed E-state index contributed by atoms with van der Waals surface area (Å²) < 4.78 is 1.84. The minimum atomic E-state index is -0.947. The first-order valence-corrected chi connectivity index (χ1v) is 8.55. The Balaban J connectivity index is 1.48. The minimum Gasteiger partial charge on any atom is -0.478 e. The zero-order chi connectivity index (χ0) is 17.6. The summed E-state index contributed by atoms with van der Waals surface area (Å²) in [6, 6.07) is 6.87. The molecule has 7 heteroatoms. The molecule has 1 aromatic carbocycles. The summed E-state index contributed by atoms with van der Waals surface area (Å²) in [6.45, 7) is 2.34. The summed E-state index contributed by atoms with van der Waals surface area (Å²) in [5.74, 6) is -0.338. The number of hydrogen-bond acceptors (Lipinski definition) is 4. The third-order valence-corrected chi connectivity index (χ3v) is 4.74. The second kappa shape index (κ2) is 7.92. The van der Waals surface area contributed by atoms with Crippen LogP contribution in [0.25, 0.3) is 0 Å². The predicted octanol–water partition coefficient (Wildman–Crippen LogP) is 1.85. The van der Waals surface area contributed by atoms with Gasteiger partial charge in [0.1, 0.15) is 12.7 Å². The van der Waals surface area contributed by atoms with E-state index in [-0.39, 0.29) is 11.5 Å². The molecule has 25 heavy (non-hydrogen) atoms. The molecule has 132 valence electrons. The maximum Gasteiger partial charge on any atom is 0.335 e. The van der Waals surface area contributed by atoms with Gasteiger partial charge in [0.25, 0.3) is 0 Å². The minimum absolute atomic E-state index is 0.0967. The number of amides is 1. The molecule has 2 aromatic rings. The van der Waals surface area contributed by atoms with Gasteiger partial charge in [-0.2, -0.15) is 5.10 Å². The van der Waals surface area contributed by atoms with Crippen LogP contribution in [0.1, 0.15) is 35.2 Å². The largest absolute Gasteiger partial charge is 0.478 e. The first kappa shape index (κ1) is 17.1. The number of aryl methyl sites for hydroxylation is 1. The van der Waals surface area contributed by atoms with Crippen molar-refractivity contribution in [1.82, 2.24) is 19.7 Å². The van der Waals surface area contributed by atoms with Crippen LogP contribution in [0.4, 0.5) is 0 Å². The van der Waals surface area contributed by atoms with Gasteiger partial charge in [0.05, 0.1) is 5.56 Å². The number of piperidine rings is 1. The molecule has 1 aromatic heterocycles. The highest BCUT2D eigenvalue weighted by molar-refractivity contribution is 5.89. The molecule has 3 rings (SSSR count). The van der Waals surface area contributed by atoms with Crippen LogP contribution in [-0.4, -0.2) is 49.7 Å². The molecule has 1 aliphatic rings. The fourth-order valence-electron chi connectivity index (χ4n) is 3.30. The maximum atomic E-state index is 12.4. The number of hydrogen-bond donors (Lipinski definition) is 1. The Hall–Kier alpha value is -2.70. The Morgan fingerprint density at radius 2 is 1.96 bits per heavy atom. The molecular weight excluding hydrogens is 320 g/mol. The lowest BCUT2D eigenvalue weighted by atomic mass is 9.96. The van der Waals surface area contributed by atoms with Crippen LogP contribution >= 0.6 is 0 Å². The monoisotopic (exact) mass is 342 g/mol. The number of benzene rings is 1. The SMILES string of the molecule is O=C(O)c1ccccc1CCC(=O)N1CCC(Cn2cncn2)CC1. The van der Waals surface area contributed by atoms with Crippen molar-refractivity contribution < 1.29 is 14.7 Å². The number of aromatic nitrogens is 3. The molecule has 1 saturated heterocycles. The number of aromatic carboxylic acids is 1. The molecule has 0 unspecified atom stereocenters. The van der Waals surface area contributed by atoms with E-state index < -0.39 is 5.97 Å². The Labute approximate surface area is 146 Å². The van der Waals surface area contributed by atoms with Crippen LogP contribution < -0.4 is 0 Å². The number of carbonyl (C=O) groups is 2. The average molecular weight is 342 g/mol. The number of carboxylic acid groups (broad SMARTS) is 1. The van der Waals surface area contributed by atoms with E-state index >= 15 is 0 Å². The average Bonchev–Trinajstić information content (AvgIpc) is 3.13. The Morgan fingerprint density at radius 3 is 2.64 bits per heavy atom. The van der Waals surface area contributed by atoms with E-state index in [2.05, 4.69) is 10.1 Å².